The molecule has 1 aromatic heterocycles. The molecule has 8 heteroatoms. The number of carbonyl (C=O) groups is 1. The molecule has 0 N–H and O–H groups in total. The summed E-state index contributed by atoms with van der Waals surface area (Å²) in [5.74, 6) is 0.403. The number of fused-ring (bicyclic) bond motifs is 2. The number of amides is 1. The largest absolute Gasteiger partial charge is 0.495 e. The molecule has 0 spiro atoms. The lowest BCUT2D eigenvalue weighted by Gasteiger charge is -2.23. The second-order valence-electron chi connectivity index (χ2n) is 7.50. The highest BCUT2D eigenvalue weighted by Crippen LogP contribution is 2.39. The summed E-state index contributed by atoms with van der Waals surface area (Å²) in [7, 11) is 2.97. The van der Waals surface area contributed by atoms with Gasteiger partial charge in [0.05, 0.1) is 41.5 Å². The molecular weight excluding hydrogens is 449 g/mol. The van der Waals surface area contributed by atoms with Crippen LogP contribution in [0.25, 0.3) is 10.9 Å². The van der Waals surface area contributed by atoms with Crippen molar-refractivity contribution in [2.24, 2.45) is 0 Å². The van der Waals surface area contributed by atoms with Crippen molar-refractivity contribution < 1.29 is 14.3 Å². The molecule has 4 rings (SSSR count). The predicted molar refractivity (Wildman–Crippen MR) is 125 cm³/mol. The van der Waals surface area contributed by atoms with Crippen LogP contribution in [-0.4, -0.2) is 31.7 Å². The Morgan fingerprint density at radius 1 is 1.12 bits per heavy atom. The van der Waals surface area contributed by atoms with Crippen LogP contribution >= 0.6 is 23.2 Å². The number of hydrogen-bond acceptors (Lipinski definition) is 5. The molecule has 2 aromatic carbocycles. The number of aryl methyl sites for hydroxylation is 1. The van der Waals surface area contributed by atoms with Gasteiger partial charge in [-0.15, -0.1) is 0 Å². The molecule has 0 bridgehead atoms. The first-order valence-corrected chi connectivity index (χ1v) is 11.0. The second-order valence-corrected chi connectivity index (χ2v) is 8.28. The molecule has 0 fully saturated rings. The molecule has 0 unspecified atom stereocenters. The third-order valence-electron chi connectivity index (χ3n) is 5.66. The van der Waals surface area contributed by atoms with Crippen molar-refractivity contribution in [2.75, 3.05) is 25.7 Å². The van der Waals surface area contributed by atoms with Crippen LogP contribution in [0.15, 0.2) is 30.3 Å². The molecule has 1 aliphatic carbocycles. The summed E-state index contributed by atoms with van der Waals surface area (Å²) >= 11 is 13.0. The number of benzene rings is 2. The number of carbonyl (C=O) groups excluding carboxylic acids is 1. The van der Waals surface area contributed by atoms with Crippen molar-refractivity contribution in [3.63, 3.8) is 0 Å². The summed E-state index contributed by atoms with van der Waals surface area (Å²) in [5, 5.41) is 11.2. The number of anilines is 1. The fourth-order valence-electron chi connectivity index (χ4n) is 4.05. The van der Waals surface area contributed by atoms with Crippen LogP contribution in [0.4, 0.5) is 5.69 Å². The highest BCUT2D eigenvalue weighted by molar-refractivity contribution is 6.36. The van der Waals surface area contributed by atoms with Crippen molar-refractivity contribution in [1.29, 1.82) is 5.26 Å². The van der Waals surface area contributed by atoms with Crippen molar-refractivity contribution in [3.8, 4) is 17.6 Å². The van der Waals surface area contributed by atoms with Crippen LogP contribution in [0.2, 0.25) is 10.0 Å². The number of halogens is 2. The molecule has 0 radical (unpaired) electrons. The molecule has 164 valence electrons. The van der Waals surface area contributed by atoms with E-state index in [1.165, 1.54) is 19.1 Å². The second kappa shape index (κ2) is 9.23. The fourth-order valence-corrected chi connectivity index (χ4v) is 4.65. The molecule has 0 saturated heterocycles. The Labute approximate surface area is 196 Å². The third-order valence-corrected chi connectivity index (χ3v) is 6.39. The monoisotopic (exact) mass is 469 g/mol. The third kappa shape index (κ3) is 3.94. The lowest BCUT2D eigenvalue weighted by Crippen LogP contribution is -2.31. The molecule has 1 amide bonds. The van der Waals surface area contributed by atoms with E-state index in [9.17, 15) is 10.1 Å². The van der Waals surface area contributed by atoms with Gasteiger partial charge in [0.2, 0.25) is 0 Å². The Morgan fingerprint density at radius 3 is 2.59 bits per heavy atom. The van der Waals surface area contributed by atoms with E-state index in [2.05, 4.69) is 0 Å². The summed E-state index contributed by atoms with van der Waals surface area (Å²) in [4.78, 5) is 19.6. The van der Waals surface area contributed by atoms with Crippen molar-refractivity contribution in [1.82, 2.24) is 4.98 Å². The van der Waals surface area contributed by atoms with Crippen LogP contribution < -0.4 is 14.4 Å². The Morgan fingerprint density at radius 2 is 1.88 bits per heavy atom. The van der Waals surface area contributed by atoms with E-state index in [1.54, 1.807) is 24.3 Å². The van der Waals surface area contributed by atoms with Crippen LogP contribution in [0, 0.1) is 11.3 Å². The number of methoxy groups -OCH3 is 2. The average Bonchev–Trinajstić information content (AvgIpc) is 2.82. The molecule has 0 atom stereocenters. The van der Waals surface area contributed by atoms with Gasteiger partial charge < -0.3 is 9.47 Å². The Hall–Kier alpha value is -3.01. The normalized spacial score (nSPS) is 12.7. The van der Waals surface area contributed by atoms with E-state index in [0.717, 1.165) is 42.3 Å². The molecule has 6 nitrogen and oxygen atoms in total. The van der Waals surface area contributed by atoms with E-state index in [0.29, 0.717) is 38.3 Å². The molecule has 1 heterocycles. The highest BCUT2D eigenvalue weighted by atomic mass is 35.5. The maximum absolute atomic E-state index is 13.5. The van der Waals surface area contributed by atoms with Gasteiger partial charge in [-0.1, -0.05) is 29.3 Å². The number of nitriles is 1. The Balaban J connectivity index is 1.79. The molecular formula is C24H21Cl2N3O3. The van der Waals surface area contributed by atoms with Crippen molar-refractivity contribution in [2.45, 2.75) is 25.7 Å². The van der Waals surface area contributed by atoms with Crippen LogP contribution in [0.1, 0.15) is 34.5 Å². The van der Waals surface area contributed by atoms with Gasteiger partial charge in [-0.25, -0.2) is 0 Å². The van der Waals surface area contributed by atoms with Gasteiger partial charge in [0, 0.05) is 22.7 Å². The van der Waals surface area contributed by atoms with E-state index < -0.39 is 0 Å². The summed E-state index contributed by atoms with van der Waals surface area (Å²) in [6, 6.07) is 10.4. The Kier molecular flexibility index (Phi) is 6.40. The first-order valence-electron chi connectivity index (χ1n) is 10.2. The predicted octanol–water partition coefficient (Wildman–Crippen LogP) is 5.61. The van der Waals surface area contributed by atoms with Gasteiger partial charge in [0.15, 0.2) is 0 Å². The van der Waals surface area contributed by atoms with Gasteiger partial charge >= 0.3 is 0 Å². The topological polar surface area (TPSA) is 75.5 Å². The van der Waals surface area contributed by atoms with Gasteiger partial charge in [-0.2, -0.15) is 5.26 Å². The van der Waals surface area contributed by atoms with E-state index in [1.807, 2.05) is 12.1 Å². The fraction of sp³-hybridized carbons (Fsp3) is 0.292. The lowest BCUT2D eigenvalue weighted by atomic mass is 9.94. The van der Waals surface area contributed by atoms with Crippen molar-refractivity contribution >= 4 is 45.7 Å². The molecule has 1 aliphatic rings. The number of hydrogen-bond donors (Lipinski definition) is 0. The van der Waals surface area contributed by atoms with Gasteiger partial charge in [0.1, 0.15) is 18.0 Å². The van der Waals surface area contributed by atoms with Crippen molar-refractivity contribution in [3.05, 3.63) is 57.2 Å². The number of rotatable bonds is 5. The van der Waals surface area contributed by atoms with Crippen LogP contribution in [-0.2, 0) is 12.8 Å². The molecule has 32 heavy (non-hydrogen) atoms. The maximum atomic E-state index is 13.5. The zero-order valence-corrected chi connectivity index (χ0v) is 19.3. The minimum atomic E-state index is -0.372. The van der Waals surface area contributed by atoms with Gasteiger partial charge in [0.25, 0.3) is 5.91 Å². The summed E-state index contributed by atoms with van der Waals surface area (Å²) in [6.07, 6.45) is 3.98. The lowest BCUT2D eigenvalue weighted by molar-refractivity contribution is 0.0989. The standard InChI is InChI=1S/C24H21Cl2N3O3/c1-31-21-13-22(32-2)20(12-17(21)25)29(10-9-27)24(30)14-7-8-16-19(11-14)28-18-6-4-3-5-15(18)23(16)26/h7-8,11-13H,3-6,10H2,1-2H3. The van der Waals surface area contributed by atoms with Gasteiger partial charge in [-0.05, 0) is 49.4 Å². The summed E-state index contributed by atoms with van der Waals surface area (Å²) < 4.78 is 10.7. The maximum Gasteiger partial charge on any atom is 0.259 e. The zero-order chi connectivity index (χ0) is 22.8. The smallest absolute Gasteiger partial charge is 0.259 e. The first-order chi connectivity index (χ1) is 15.5. The molecule has 3 aromatic rings. The van der Waals surface area contributed by atoms with E-state index >= 15 is 0 Å². The number of nitrogens with zero attached hydrogens (tertiary/aromatic N) is 3. The zero-order valence-electron chi connectivity index (χ0n) is 17.7. The van der Waals surface area contributed by atoms with E-state index in [-0.39, 0.29) is 12.5 Å². The molecule has 0 aliphatic heterocycles. The average molecular weight is 470 g/mol. The number of aromatic nitrogens is 1. The molecule has 0 saturated carbocycles. The first kappa shape index (κ1) is 22.2. The van der Waals surface area contributed by atoms with E-state index in [4.69, 9.17) is 37.7 Å². The quantitative estimate of drug-likeness (QED) is 0.454. The van der Waals surface area contributed by atoms with Crippen LogP contribution in [0.3, 0.4) is 0 Å². The van der Waals surface area contributed by atoms with Gasteiger partial charge in [-0.3, -0.25) is 14.7 Å². The number of ether oxygens (including phenoxy) is 2. The minimum Gasteiger partial charge on any atom is -0.495 e. The number of pyridine rings is 1. The SMILES string of the molecule is COc1cc(OC)c(N(CC#N)C(=O)c2ccc3c(Cl)c4c(nc3c2)CCCC4)cc1Cl. The Bertz CT molecular complexity index is 1250. The van der Waals surface area contributed by atoms with Crippen LogP contribution in [0.5, 0.6) is 11.5 Å². The summed E-state index contributed by atoms with van der Waals surface area (Å²) in [6.45, 7) is -0.186. The highest BCUT2D eigenvalue weighted by Gasteiger charge is 2.24. The minimum absolute atomic E-state index is 0.186. The summed E-state index contributed by atoms with van der Waals surface area (Å²) in [5.41, 5.74) is 3.53.